The molecule has 0 fully saturated rings. The number of rotatable bonds is 8. The maximum Gasteiger partial charge on any atom is 0.343 e. The van der Waals surface area contributed by atoms with Gasteiger partial charge in [0.05, 0.1) is 18.8 Å². The number of fused-ring (bicyclic) bond motifs is 4. The Morgan fingerprint density at radius 1 is 0.682 bits per heavy atom. The summed E-state index contributed by atoms with van der Waals surface area (Å²) in [6, 6.07) is 26.1. The molecule has 0 amide bonds. The normalized spacial score (nSPS) is 15.8. The molecule has 0 spiro atoms. The van der Waals surface area contributed by atoms with Gasteiger partial charge in [-0.15, -0.1) is 0 Å². The first-order chi connectivity index (χ1) is 21.4. The molecule has 0 N–H and O–H groups in total. The Balaban J connectivity index is 0.000000175. The second-order valence-electron chi connectivity index (χ2n) is 10.3. The van der Waals surface area contributed by atoms with E-state index >= 15 is 0 Å². The predicted molar refractivity (Wildman–Crippen MR) is 168 cm³/mol. The Morgan fingerprint density at radius 3 is 2.00 bits per heavy atom. The molecule has 44 heavy (non-hydrogen) atoms. The zero-order chi connectivity index (χ0) is 31.1. The summed E-state index contributed by atoms with van der Waals surface area (Å²) >= 11 is -2.59. The fourth-order valence-electron chi connectivity index (χ4n) is 5.09. The lowest BCUT2D eigenvalue weighted by molar-refractivity contribution is 0.0387. The number of carbonyl (C=O) groups is 2. The molecule has 0 radical (unpaired) electrons. The van der Waals surface area contributed by atoms with Gasteiger partial charge in [-0.1, -0.05) is 67.9 Å². The summed E-state index contributed by atoms with van der Waals surface area (Å²) in [6.45, 7) is 3.01. The van der Waals surface area contributed by atoms with Crippen molar-refractivity contribution in [3.63, 3.8) is 0 Å². The van der Waals surface area contributed by atoms with Gasteiger partial charge in [-0.05, 0) is 30.7 Å². The number of methoxy groups -OCH3 is 1. The lowest BCUT2D eigenvalue weighted by atomic mass is 10.0. The fourth-order valence-corrected chi connectivity index (χ4v) is 8.05. The summed E-state index contributed by atoms with van der Waals surface area (Å²) in [4.78, 5) is 27.2. The average molecular weight is 631 g/mol. The van der Waals surface area contributed by atoms with Crippen LogP contribution in [0.5, 0.6) is 0 Å². The zero-order valence-corrected chi connectivity index (χ0v) is 26.3. The van der Waals surface area contributed by atoms with Gasteiger partial charge < -0.3 is 23.3 Å². The van der Waals surface area contributed by atoms with Crippen molar-refractivity contribution in [2.45, 2.75) is 52.2 Å². The van der Waals surface area contributed by atoms with Crippen molar-refractivity contribution in [3.05, 3.63) is 118 Å². The highest BCUT2D eigenvalue weighted by atomic mass is 32.2. The van der Waals surface area contributed by atoms with Gasteiger partial charge in [-0.2, -0.15) is 0 Å². The minimum Gasteiger partial charge on any atom is -0.606 e. The molecular weight excluding hydrogens is 597 g/mol. The van der Waals surface area contributed by atoms with Crippen LogP contribution in [0.3, 0.4) is 0 Å². The number of hydrogen-bond acceptors (Lipinski definition) is 7. The monoisotopic (exact) mass is 630 g/mol. The Labute approximate surface area is 263 Å². The molecule has 2 aliphatic heterocycles. The van der Waals surface area contributed by atoms with E-state index < -0.39 is 28.3 Å². The molecule has 0 bridgehead atoms. The molecule has 4 aromatic carbocycles. The Kier molecular flexibility index (Phi) is 10.8. The number of esters is 2. The van der Waals surface area contributed by atoms with E-state index in [4.69, 9.17) is 14.2 Å². The summed E-state index contributed by atoms with van der Waals surface area (Å²) in [5.74, 6) is -0.797. The minimum atomic E-state index is -1.33. The van der Waals surface area contributed by atoms with E-state index in [1.54, 1.807) is 25.3 Å². The molecule has 0 aromatic heterocycles. The van der Waals surface area contributed by atoms with Gasteiger partial charge in [0.1, 0.15) is 12.2 Å². The Hall–Kier alpha value is -3.60. The molecule has 2 heterocycles. The fraction of sp³-hybridized carbons (Fsp3) is 0.257. The van der Waals surface area contributed by atoms with E-state index in [0.717, 1.165) is 51.3 Å². The third kappa shape index (κ3) is 7.03. The molecule has 4 aromatic rings. The molecule has 228 valence electrons. The maximum absolute atomic E-state index is 12.9. The molecule has 2 aliphatic rings. The van der Waals surface area contributed by atoms with Crippen LogP contribution in [0.1, 0.15) is 62.7 Å². The van der Waals surface area contributed by atoms with E-state index in [-0.39, 0.29) is 12.6 Å². The van der Waals surface area contributed by atoms with E-state index in [1.165, 1.54) is 0 Å². The van der Waals surface area contributed by atoms with Crippen LogP contribution >= 0.6 is 0 Å². The van der Waals surface area contributed by atoms with Crippen molar-refractivity contribution in [2.24, 2.45) is 0 Å². The molecule has 7 nitrogen and oxygen atoms in total. The van der Waals surface area contributed by atoms with Crippen LogP contribution in [0.2, 0.25) is 0 Å². The van der Waals surface area contributed by atoms with E-state index in [0.29, 0.717) is 40.6 Å². The van der Waals surface area contributed by atoms with Gasteiger partial charge in [-0.25, -0.2) is 9.59 Å². The second-order valence-corrected chi connectivity index (χ2v) is 13.1. The summed E-state index contributed by atoms with van der Waals surface area (Å²) in [5, 5.41) is 0. The summed E-state index contributed by atoms with van der Waals surface area (Å²) in [7, 11) is 1.55. The van der Waals surface area contributed by atoms with Crippen LogP contribution in [-0.2, 0) is 49.4 Å². The van der Waals surface area contributed by atoms with Crippen molar-refractivity contribution in [1.29, 1.82) is 0 Å². The topological polar surface area (TPSA) is 108 Å². The molecule has 2 atom stereocenters. The summed E-state index contributed by atoms with van der Waals surface area (Å²) in [6.07, 6.45) is 3.25. The molecule has 0 aliphatic carbocycles. The Bertz CT molecular complexity index is 1640. The average Bonchev–Trinajstić information content (AvgIpc) is 3.05. The van der Waals surface area contributed by atoms with E-state index in [2.05, 4.69) is 0 Å². The maximum atomic E-state index is 12.9. The highest BCUT2D eigenvalue weighted by molar-refractivity contribution is 7.92. The van der Waals surface area contributed by atoms with Crippen molar-refractivity contribution >= 4 is 34.3 Å². The van der Waals surface area contributed by atoms with Gasteiger partial charge in [0.15, 0.2) is 19.6 Å². The largest absolute Gasteiger partial charge is 0.606 e. The van der Waals surface area contributed by atoms with Gasteiger partial charge >= 0.3 is 11.9 Å². The third-order valence-electron chi connectivity index (χ3n) is 7.36. The minimum absolute atomic E-state index is 0.207. The highest BCUT2D eigenvalue weighted by Crippen LogP contribution is 2.37. The van der Waals surface area contributed by atoms with Crippen LogP contribution in [-0.4, -0.2) is 48.0 Å². The van der Waals surface area contributed by atoms with Gasteiger partial charge in [-0.3, -0.25) is 0 Å². The standard InChI is InChI=1S/C18H18O3S.C17H16O4S/c1-2-3-11-21-18(19)15-9-6-8-14-12-13-7-4-5-10-16(13)22(20)17(14)15;1-20-8-9-21-17(18)14-7-6-13-10-12-4-2-3-5-15(12)22(19)16(13)11-14/h4-10H,2-3,11-12H2,1H3;2-7,11H,8-10H2,1H3. The molecule has 6 rings (SSSR count). The number of benzene rings is 4. The van der Waals surface area contributed by atoms with Crippen LogP contribution in [0.4, 0.5) is 0 Å². The van der Waals surface area contributed by atoms with Crippen LogP contribution in [0, 0.1) is 0 Å². The summed E-state index contributed by atoms with van der Waals surface area (Å²) in [5.41, 5.74) is 4.92. The SMILES string of the molecule is CCCCOC(=O)c1cccc2c1[S+]([O-])c1ccccc1C2.COCCOC(=O)c1ccc2c(c1)[S+]([O-])c1ccccc1C2. The van der Waals surface area contributed by atoms with Crippen LogP contribution in [0.15, 0.2) is 105 Å². The Morgan fingerprint density at radius 2 is 1.30 bits per heavy atom. The number of ether oxygens (including phenoxy) is 3. The van der Waals surface area contributed by atoms with Crippen molar-refractivity contribution in [2.75, 3.05) is 26.9 Å². The van der Waals surface area contributed by atoms with Gasteiger partial charge in [0.2, 0.25) is 0 Å². The number of carbonyl (C=O) groups excluding carboxylic acids is 2. The molecule has 0 saturated carbocycles. The van der Waals surface area contributed by atoms with Crippen molar-refractivity contribution < 1.29 is 32.9 Å². The molecule has 0 saturated heterocycles. The first kappa shape index (κ1) is 31.8. The van der Waals surface area contributed by atoms with Crippen molar-refractivity contribution in [1.82, 2.24) is 0 Å². The molecule has 2 unspecified atom stereocenters. The quantitative estimate of drug-likeness (QED) is 0.128. The first-order valence-electron chi connectivity index (χ1n) is 14.5. The number of unbranched alkanes of at least 4 members (excludes halogenated alkanes) is 1. The second kappa shape index (κ2) is 14.9. The van der Waals surface area contributed by atoms with E-state index in [9.17, 15) is 18.7 Å². The summed E-state index contributed by atoms with van der Waals surface area (Å²) < 4.78 is 40.8. The van der Waals surface area contributed by atoms with Gasteiger partial charge in [0, 0.05) is 70.6 Å². The first-order valence-corrected chi connectivity index (χ1v) is 16.8. The van der Waals surface area contributed by atoms with Crippen LogP contribution in [0.25, 0.3) is 0 Å². The van der Waals surface area contributed by atoms with Crippen LogP contribution < -0.4 is 0 Å². The lowest BCUT2D eigenvalue weighted by Crippen LogP contribution is -2.20. The third-order valence-corrected chi connectivity index (χ3v) is 10.6. The molecule has 9 heteroatoms. The lowest BCUT2D eigenvalue weighted by Gasteiger charge is -2.23. The molecular formula is C35H34O7S2. The highest BCUT2D eigenvalue weighted by Gasteiger charge is 2.33. The predicted octanol–water partition coefficient (Wildman–Crippen LogP) is 6.28. The van der Waals surface area contributed by atoms with E-state index in [1.807, 2.05) is 73.7 Å². The van der Waals surface area contributed by atoms with Gasteiger partial charge in [0.25, 0.3) is 0 Å². The van der Waals surface area contributed by atoms with Crippen molar-refractivity contribution in [3.8, 4) is 0 Å². The smallest absolute Gasteiger partial charge is 0.343 e. The zero-order valence-electron chi connectivity index (χ0n) is 24.7. The number of hydrogen-bond donors (Lipinski definition) is 0.